The average molecular weight is 147 g/mol. The highest BCUT2D eigenvalue weighted by Crippen LogP contribution is 1.97. The molecule has 62 valence electrons. The Kier molecular flexibility index (Phi) is 5.60. The number of nitrogens with zero attached hydrogens (tertiary/aromatic N) is 1. The van der Waals surface area contributed by atoms with Gasteiger partial charge in [0.15, 0.2) is 0 Å². The first-order valence-corrected chi connectivity index (χ1v) is 3.99. The molecule has 0 N–H and O–H groups in total. The van der Waals surface area contributed by atoms with Crippen molar-refractivity contribution >= 4 is 0 Å². The quantitative estimate of drug-likeness (QED) is 0.575. The first-order valence-electron chi connectivity index (χ1n) is 3.99. The van der Waals surface area contributed by atoms with Crippen LogP contribution < -0.4 is 0 Å². The Balaban J connectivity index is 3.12. The zero-order valence-electron chi connectivity index (χ0n) is 7.23. The van der Waals surface area contributed by atoms with Crippen LogP contribution in [0.15, 0.2) is 0 Å². The molecule has 0 aromatic rings. The van der Waals surface area contributed by atoms with Crippen LogP contribution >= 0.6 is 0 Å². The van der Waals surface area contributed by atoms with Crippen molar-refractivity contribution in [2.24, 2.45) is 0 Å². The van der Waals surface area contributed by atoms with E-state index in [0.29, 0.717) is 6.42 Å². The largest absolute Gasteiger partial charge is 0.306 e. The van der Waals surface area contributed by atoms with Gasteiger partial charge in [-0.05, 0) is 33.4 Å². The van der Waals surface area contributed by atoms with Crippen LogP contribution in [0.1, 0.15) is 26.7 Å². The molecular formula is C8H18FN. The predicted molar refractivity (Wildman–Crippen MR) is 43.0 cm³/mol. The molecule has 0 aliphatic rings. The molecular weight excluding hydrogens is 129 g/mol. The van der Waals surface area contributed by atoms with Crippen molar-refractivity contribution < 1.29 is 4.39 Å². The topological polar surface area (TPSA) is 3.24 Å². The van der Waals surface area contributed by atoms with Gasteiger partial charge in [-0.1, -0.05) is 6.92 Å². The lowest BCUT2D eigenvalue weighted by Crippen LogP contribution is -2.22. The van der Waals surface area contributed by atoms with E-state index in [1.165, 1.54) is 0 Å². The molecule has 0 rings (SSSR count). The standard InChI is InChI=1S/C8H18FN/c1-4-6-10(3)7-5-8(2)9/h8H,4-7H2,1-3H3. The molecule has 0 heterocycles. The number of hydrogen-bond donors (Lipinski definition) is 0. The summed E-state index contributed by atoms with van der Waals surface area (Å²) in [4.78, 5) is 2.16. The zero-order valence-corrected chi connectivity index (χ0v) is 7.23. The van der Waals surface area contributed by atoms with Crippen LogP contribution in [0.3, 0.4) is 0 Å². The molecule has 0 saturated carbocycles. The maximum Gasteiger partial charge on any atom is 0.0985 e. The normalized spacial score (nSPS) is 14.1. The minimum atomic E-state index is -0.653. The summed E-state index contributed by atoms with van der Waals surface area (Å²) in [5, 5.41) is 0. The third kappa shape index (κ3) is 6.02. The SMILES string of the molecule is CCCN(C)CCC(C)F. The van der Waals surface area contributed by atoms with Gasteiger partial charge in [0.1, 0.15) is 0 Å². The van der Waals surface area contributed by atoms with E-state index >= 15 is 0 Å². The van der Waals surface area contributed by atoms with E-state index in [9.17, 15) is 4.39 Å². The van der Waals surface area contributed by atoms with E-state index in [-0.39, 0.29) is 0 Å². The summed E-state index contributed by atoms with van der Waals surface area (Å²) in [7, 11) is 2.03. The highest BCUT2D eigenvalue weighted by atomic mass is 19.1. The van der Waals surface area contributed by atoms with Gasteiger partial charge >= 0.3 is 0 Å². The molecule has 1 nitrogen and oxygen atoms in total. The van der Waals surface area contributed by atoms with Crippen LogP contribution in [0.25, 0.3) is 0 Å². The third-order valence-electron chi connectivity index (χ3n) is 1.51. The number of alkyl halides is 1. The van der Waals surface area contributed by atoms with Gasteiger partial charge in [0, 0.05) is 6.54 Å². The Bertz CT molecular complexity index is 73.7. The molecule has 0 aliphatic heterocycles. The Morgan fingerprint density at radius 2 is 2.00 bits per heavy atom. The van der Waals surface area contributed by atoms with Gasteiger partial charge in [-0.2, -0.15) is 0 Å². The lowest BCUT2D eigenvalue weighted by Gasteiger charge is -2.14. The maximum absolute atomic E-state index is 12.3. The zero-order chi connectivity index (χ0) is 7.98. The summed E-state index contributed by atoms with van der Waals surface area (Å²) >= 11 is 0. The number of halogens is 1. The second kappa shape index (κ2) is 5.66. The molecule has 0 spiro atoms. The van der Waals surface area contributed by atoms with Crippen molar-refractivity contribution in [1.29, 1.82) is 0 Å². The van der Waals surface area contributed by atoms with Gasteiger partial charge in [0.05, 0.1) is 6.17 Å². The fourth-order valence-corrected chi connectivity index (χ4v) is 0.892. The maximum atomic E-state index is 12.3. The molecule has 1 atom stereocenters. The van der Waals surface area contributed by atoms with Crippen LogP contribution in [-0.4, -0.2) is 31.2 Å². The van der Waals surface area contributed by atoms with Gasteiger partial charge in [-0.25, -0.2) is 4.39 Å². The smallest absolute Gasteiger partial charge is 0.0985 e. The second-order valence-corrected chi connectivity index (χ2v) is 2.87. The fraction of sp³-hybridized carbons (Fsp3) is 1.00. The summed E-state index contributed by atoms with van der Waals surface area (Å²) in [6, 6.07) is 0. The van der Waals surface area contributed by atoms with Crippen LogP contribution in [0.4, 0.5) is 4.39 Å². The van der Waals surface area contributed by atoms with E-state index in [2.05, 4.69) is 11.8 Å². The van der Waals surface area contributed by atoms with E-state index in [0.717, 1.165) is 19.5 Å². The van der Waals surface area contributed by atoms with Gasteiger partial charge in [0.25, 0.3) is 0 Å². The van der Waals surface area contributed by atoms with E-state index in [1.54, 1.807) is 6.92 Å². The molecule has 0 aromatic carbocycles. The predicted octanol–water partition coefficient (Wildman–Crippen LogP) is 2.08. The third-order valence-corrected chi connectivity index (χ3v) is 1.51. The summed E-state index contributed by atoms with van der Waals surface area (Å²) in [5.41, 5.74) is 0. The monoisotopic (exact) mass is 147 g/mol. The van der Waals surface area contributed by atoms with Crippen LogP contribution in [0.5, 0.6) is 0 Å². The highest BCUT2D eigenvalue weighted by molar-refractivity contribution is 4.53. The molecule has 0 bridgehead atoms. The number of rotatable bonds is 5. The molecule has 0 saturated heterocycles. The number of hydrogen-bond acceptors (Lipinski definition) is 1. The van der Waals surface area contributed by atoms with E-state index in [4.69, 9.17) is 0 Å². The summed E-state index contributed by atoms with van der Waals surface area (Å²) in [6.45, 7) is 5.70. The van der Waals surface area contributed by atoms with Crippen molar-refractivity contribution in [3.63, 3.8) is 0 Å². The minimum Gasteiger partial charge on any atom is -0.306 e. The first kappa shape index (κ1) is 9.89. The Morgan fingerprint density at radius 3 is 2.40 bits per heavy atom. The average Bonchev–Trinajstić information content (AvgIpc) is 1.85. The molecule has 0 fully saturated rings. The van der Waals surface area contributed by atoms with Crippen molar-refractivity contribution in [2.75, 3.05) is 20.1 Å². The fourth-order valence-electron chi connectivity index (χ4n) is 0.892. The van der Waals surface area contributed by atoms with E-state index < -0.39 is 6.17 Å². The molecule has 0 aliphatic carbocycles. The Morgan fingerprint density at radius 1 is 1.40 bits per heavy atom. The van der Waals surface area contributed by atoms with E-state index in [1.807, 2.05) is 7.05 Å². The van der Waals surface area contributed by atoms with Gasteiger partial charge in [0.2, 0.25) is 0 Å². The van der Waals surface area contributed by atoms with Crippen LogP contribution in [0.2, 0.25) is 0 Å². The van der Waals surface area contributed by atoms with Crippen LogP contribution in [-0.2, 0) is 0 Å². The molecule has 10 heavy (non-hydrogen) atoms. The van der Waals surface area contributed by atoms with Crippen LogP contribution in [0, 0.1) is 0 Å². The molecule has 0 amide bonds. The first-order chi connectivity index (χ1) is 4.66. The summed E-state index contributed by atoms with van der Waals surface area (Å²) in [5.74, 6) is 0. The minimum absolute atomic E-state index is 0.653. The Hall–Kier alpha value is -0.110. The summed E-state index contributed by atoms with van der Waals surface area (Å²) < 4.78 is 12.3. The molecule has 0 aromatic heterocycles. The van der Waals surface area contributed by atoms with Crippen molar-refractivity contribution in [1.82, 2.24) is 4.90 Å². The lowest BCUT2D eigenvalue weighted by molar-refractivity contribution is 0.265. The second-order valence-electron chi connectivity index (χ2n) is 2.87. The van der Waals surface area contributed by atoms with Gasteiger partial charge in [-0.15, -0.1) is 0 Å². The van der Waals surface area contributed by atoms with Crippen molar-refractivity contribution in [2.45, 2.75) is 32.9 Å². The molecule has 0 radical (unpaired) electrons. The van der Waals surface area contributed by atoms with Gasteiger partial charge in [-0.3, -0.25) is 0 Å². The van der Waals surface area contributed by atoms with Crippen molar-refractivity contribution in [3.8, 4) is 0 Å². The highest BCUT2D eigenvalue weighted by Gasteiger charge is 2.00. The Labute approximate surface area is 63.2 Å². The van der Waals surface area contributed by atoms with Gasteiger partial charge < -0.3 is 4.90 Å². The lowest BCUT2D eigenvalue weighted by atomic mass is 10.3. The molecule has 1 unspecified atom stereocenters. The van der Waals surface area contributed by atoms with Crippen molar-refractivity contribution in [3.05, 3.63) is 0 Å². The molecule has 2 heteroatoms. The summed E-state index contributed by atoms with van der Waals surface area (Å²) in [6.07, 6.45) is 1.16.